The van der Waals surface area contributed by atoms with Gasteiger partial charge in [0.25, 0.3) is 0 Å². The summed E-state index contributed by atoms with van der Waals surface area (Å²) in [6, 6.07) is 0. The Hall–Kier alpha value is -0.120. The molecule has 0 aromatic heterocycles. The highest BCUT2D eigenvalue weighted by Crippen LogP contribution is 2.14. The molecule has 3 N–H and O–H groups in total. The highest BCUT2D eigenvalue weighted by Gasteiger charge is 2.31. The molecule has 1 rings (SSSR count). The average molecular weight is 172 g/mol. The van der Waals surface area contributed by atoms with Gasteiger partial charge in [0.2, 0.25) is 0 Å². The van der Waals surface area contributed by atoms with Gasteiger partial charge >= 0.3 is 0 Å². The van der Waals surface area contributed by atoms with Gasteiger partial charge in [-0.25, -0.2) is 0 Å². The Morgan fingerprint density at radius 3 is 2.58 bits per heavy atom. The molecule has 12 heavy (non-hydrogen) atoms. The molecule has 0 radical (unpaired) electrons. The van der Waals surface area contributed by atoms with Crippen LogP contribution in [0.2, 0.25) is 0 Å². The molecule has 0 spiro atoms. The largest absolute Gasteiger partial charge is 0.387 e. The minimum Gasteiger partial charge on any atom is -0.387 e. The lowest BCUT2D eigenvalue weighted by molar-refractivity contribution is 0.0545. The normalized spacial score (nSPS) is 31.0. The summed E-state index contributed by atoms with van der Waals surface area (Å²) < 4.78 is 0. The standard InChI is InChI=1S/C9H20N2O/c1-8(2,3)11-7-9(12)4-5-10-6-9/h10-12H,4-7H2,1-3H3. The van der Waals surface area contributed by atoms with Crippen molar-refractivity contribution in [2.45, 2.75) is 38.3 Å². The van der Waals surface area contributed by atoms with Crippen LogP contribution in [0.25, 0.3) is 0 Å². The van der Waals surface area contributed by atoms with E-state index >= 15 is 0 Å². The van der Waals surface area contributed by atoms with Gasteiger partial charge in [-0.2, -0.15) is 0 Å². The summed E-state index contributed by atoms with van der Waals surface area (Å²) in [6.45, 7) is 8.66. The van der Waals surface area contributed by atoms with Crippen LogP contribution in [0.5, 0.6) is 0 Å². The lowest BCUT2D eigenvalue weighted by Gasteiger charge is -2.28. The van der Waals surface area contributed by atoms with E-state index in [1.807, 2.05) is 0 Å². The maximum absolute atomic E-state index is 9.93. The molecule has 72 valence electrons. The number of hydrogen-bond acceptors (Lipinski definition) is 3. The van der Waals surface area contributed by atoms with E-state index in [4.69, 9.17) is 0 Å². The molecular weight excluding hydrogens is 152 g/mol. The topological polar surface area (TPSA) is 44.3 Å². The van der Waals surface area contributed by atoms with Crippen LogP contribution >= 0.6 is 0 Å². The molecule has 1 heterocycles. The zero-order valence-electron chi connectivity index (χ0n) is 8.28. The zero-order chi connectivity index (χ0) is 9.24. The molecule has 1 saturated heterocycles. The molecule has 0 aromatic carbocycles. The van der Waals surface area contributed by atoms with Gasteiger partial charge in [0.15, 0.2) is 0 Å². The lowest BCUT2D eigenvalue weighted by atomic mass is 10.0. The molecule has 1 atom stereocenters. The summed E-state index contributed by atoms with van der Waals surface area (Å²) in [6.07, 6.45) is 0.857. The van der Waals surface area contributed by atoms with Crippen LogP contribution < -0.4 is 10.6 Å². The molecule has 0 amide bonds. The van der Waals surface area contributed by atoms with Gasteiger partial charge < -0.3 is 15.7 Å². The van der Waals surface area contributed by atoms with E-state index in [9.17, 15) is 5.11 Å². The predicted molar refractivity (Wildman–Crippen MR) is 50.2 cm³/mol. The highest BCUT2D eigenvalue weighted by atomic mass is 16.3. The van der Waals surface area contributed by atoms with Crippen molar-refractivity contribution in [1.29, 1.82) is 0 Å². The highest BCUT2D eigenvalue weighted by molar-refractivity contribution is 4.91. The van der Waals surface area contributed by atoms with Gasteiger partial charge in [-0.1, -0.05) is 0 Å². The molecular formula is C9H20N2O. The van der Waals surface area contributed by atoms with Crippen LogP contribution in [0.15, 0.2) is 0 Å². The number of aliphatic hydroxyl groups is 1. The fraction of sp³-hybridized carbons (Fsp3) is 1.00. The summed E-state index contributed by atoms with van der Waals surface area (Å²) in [5.74, 6) is 0. The molecule has 0 saturated carbocycles. The summed E-state index contributed by atoms with van der Waals surface area (Å²) in [7, 11) is 0. The van der Waals surface area contributed by atoms with Crippen molar-refractivity contribution in [3.05, 3.63) is 0 Å². The van der Waals surface area contributed by atoms with Gasteiger partial charge in [0, 0.05) is 18.6 Å². The minimum atomic E-state index is -0.521. The van der Waals surface area contributed by atoms with Gasteiger partial charge in [-0.15, -0.1) is 0 Å². The molecule has 3 heteroatoms. The monoisotopic (exact) mass is 172 g/mol. The lowest BCUT2D eigenvalue weighted by Crippen LogP contribution is -2.48. The second-order valence-corrected chi connectivity index (χ2v) is 4.75. The Bertz CT molecular complexity index is 145. The predicted octanol–water partition coefficient (Wildman–Crippen LogP) is 0.0989. The number of rotatable bonds is 2. The maximum Gasteiger partial charge on any atom is 0.0907 e. The first-order chi connectivity index (χ1) is 5.41. The van der Waals surface area contributed by atoms with Crippen molar-refractivity contribution in [3.63, 3.8) is 0 Å². The number of β-amino-alcohol motifs (C(OH)–C–C–N with tert-alkyl or cyclic N) is 1. The van der Waals surface area contributed by atoms with Gasteiger partial charge in [0.05, 0.1) is 5.60 Å². The van der Waals surface area contributed by atoms with Crippen molar-refractivity contribution in [3.8, 4) is 0 Å². The smallest absolute Gasteiger partial charge is 0.0907 e. The van der Waals surface area contributed by atoms with E-state index in [0.717, 1.165) is 19.5 Å². The Morgan fingerprint density at radius 2 is 2.17 bits per heavy atom. The molecule has 0 bridgehead atoms. The SMILES string of the molecule is CC(C)(C)NCC1(O)CCNC1. The Balaban J connectivity index is 2.30. The summed E-state index contributed by atoms with van der Waals surface area (Å²) >= 11 is 0. The Labute approximate surface area is 74.5 Å². The third kappa shape index (κ3) is 3.09. The van der Waals surface area contributed by atoms with Crippen LogP contribution in [0, 0.1) is 0 Å². The van der Waals surface area contributed by atoms with Crippen LogP contribution in [0.1, 0.15) is 27.2 Å². The van der Waals surface area contributed by atoms with Crippen molar-refractivity contribution in [1.82, 2.24) is 10.6 Å². The van der Waals surface area contributed by atoms with Crippen LogP contribution in [-0.2, 0) is 0 Å². The minimum absolute atomic E-state index is 0.0956. The molecule has 0 aromatic rings. The second-order valence-electron chi connectivity index (χ2n) is 4.75. The van der Waals surface area contributed by atoms with E-state index < -0.39 is 5.60 Å². The zero-order valence-corrected chi connectivity index (χ0v) is 8.28. The molecule has 3 nitrogen and oxygen atoms in total. The van der Waals surface area contributed by atoms with E-state index in [1.54, 1.807) is 0 Å². The molecule has 1 unspecified atom stereocenters. The van der Waals surface area contributed by atoms with Crippen LogP contribution in [0.4, 0.5) is 0 Å². The van der Waals surface area contributed by atoms with Crippen molar-refractivity contribution >= 4 is 0 Å². The van der Waals surface area contributed by atoms with E-state index in [0.29, 0.717) is 6.54 Å². The van der Waals surface area contributed by atoms with E-state index in [1.165, 1.54) is 0 Å². The molecule has 1 aliphatic rings. The van der Waals surface area contributed by atoms with Crippen molar-refractivity contribution in [2.75, 3.05) is 19.6 Å². The first-order valence-electron chi connectivity index (χ1n) is 4.59. The van der Waals surface area contributed by atoms with Crippen molar-refractivity contribution < 1.29 is 5.11 Å². The van der Waals surface area contributed by atoms with Crippen LogP contribution in [-0.4, -0.2) is 35.9 Å². The first kappa shape index (κ1) is 9.96. The van der Waals surface area contributed by atoms with E-state index in [2.05, 4.69) is 31.4 Å². The average Bonchev–Trinajstić information content (AvgIpc) is 2.32. The quantitative estimate of drug-likeness (QED) is 0.553. The first-order valence-corrected chi connectivity index (χ1v) is 4.59. The summed E-state index contributed by atoms with van der Waals surface area (Å²) in [5.41, 5.74) is -0.425. The Kier molecular flexibility index (Phi) is 2.76. The third-order valence-electron chi connectivity index (χ3n) is 2.17. The maximum atomic E-state index is 9.93. The summed E-state index contributed by atoms with van der Waals surface area (Å²) in [5, 5.41) is 16.4. The third-order valence-corrected chi connectivity index (χ3v) is 2.17. The van der Waals surface area contributed by atoms with Crippen molar-refractivity contribution in [2.24, 2.45) is 0 Å². The van der Waals surface area contributed by atoms with Crippen LogP contribution in [0.3, 0.4) is 0 Å². The fourth-order valence-corrected chi connectivity index (χ4v) is 1.31. The fourth-order valence-electron chi connectivity index (χ4n) is 1.31. The number of hydrogen-bond donors (Lipinski definition) is 3. The molecule has 1 aliphatic heterocycles. The second kappa shape index (κ2) is 3.32. The van der Waals surface area contributed by atoms with Gasteiger partial charge in [0.1, 0.15) is 0 Å². The van der Waals surface area contributed by atoms with Gasteiger partial charge in [-0.05, 0) is 33.7 Å². The number of nitrogens with one attached hydrogen (secondary N) is 2. The molecule has 0 aliphatic carbocycles. The summed E-state index contributed by atoms with van der Waals surface area (Å²) in [4.78, 5) is 0. The van der Waals surface area contributed by atoms with E-state index in [-0.39, 0.29) is 5.54 Å². The Morgan fingerprint density at radius 1 is 1.50 bits per heavy atom. The van der Waals surface area contributed by atoms with Gasteiger partial charge in [-0.3, -0.25) is 0 Å². The molecule has 1 fully saturated rings.